The van der Waals surface area contributed by atoms with Gasteiger partial charge in [-0.1, -0.05) is 6.07 Å². The summed E-state index contributed by atoms with van der Waals surface area (Å²) < 4.78 is 31.1. The fraction of sp³-hybridized carbons (Fsp3) is 0.394. The van der Waals surface area contributed by atoms with Gasteiger partial charge in [-0.05, 0) is 93.5 Å². The van der Waals surface area contributed by atoms with Gasteiger partial charge in [-0.25, -0.2) is 4.39 Å². The third kappa shape index (κ3) is 7.27. The summed E-state index contributed by atoms with van der Waals surface area (Å²) in [6.45, 7) is 3.94. The maximum Gasteiger partial charge on any atom is 0.165 e. The van der Waals surface area contributed by atoms with Crippen LogP contribution in [0.1, 0.15) is 24.8 Å². The SMILES string of the molecule is COc1ccc(-c2nnc(NC3CCN(Cc4ccc(OCCCN(C)C)c(F)c4)CC3)c3cc(OC)ccc23)cc1. The second-order valence-corrected chi connectivity index (χ2v) is 11.0. The summed E-state index contributed by atoms with van der Waals surface area (Å²) >= 11 is 0. The lowest BCUT2D eigenvalue weighted by Gasteiger charge is -2.32. The summed E-state index contributed by atoms with van der Waals surface area (Å²) in [5.74, 6) is 2.34. The molecule has 0 aliphatic carbocycles. The maximum atomic E-state index is 14.7. The minimum Gasteiger partial charge on any atom is -0.497 e. The molecule has 1 fully saturated rings. The average molecular weight is 574 g/mol. The molecule has 0 saturated carbocycles. The zero-order valence-corrected chi connectivity index (χ0v) is 24.9. The van der Waals surface area contributed by atoms with Gasteiger partial charge in [0.05, 0.1) is 20.8 Å². The number of aromatic nitrogens is 2. The number of methoxy groups -OCH3 is 2. The molecule has 0 radical (unpaired) electrons. The minimum atomic E-state index is -0.298. The van der Waals surface area contributed by atoms with E-state index >= 15 is 0 Å². The third-order valence-electron chi connectivity index (χ3n) is 7.69. The molecule has 0 bridgehead atoms. The normalized spacial score (nSPS) is 14.3. The van der Waals surface area contributed by atoms with E-state index in [0.29, 0.717) is 18.9 Å². The van der Waals surface area contributed by atoms with Crippen molar-refractivity contribution in [2.75, 3.05) is 59.9 Å². The summed E-state index contributed by atoms with van der Waals surface area (Å²) in [5.41, 5.74) is 2.74. The first-order chi connectivity index (χ1) is 20.4. The van der Waals surface area contributed by atoms with Gasteiger partial charge >= 0.3 is 0 Å². The highest BCUT2D eigenvalue weighted by Gasteiger charge is 2.22. The highest BCUT2D eigenvalue weighted by Crippen LogP contribution is 2.34. The van der Waals surface area contributed by atoms with Crippen molar-refractivity contribution in [3.05, 3.63) is 72.0 Å². The van der Waals surface area contributed by atoms with Crippen molar-refractivity contribution in [1.29, 1.82) is 0 Å². The van der Waals surface area contributed by atoms with Crippen LogP contribution in [0.4, 0.5) is 10.2 Å². The molecule has 1 aromatic heterocycles. The first kappa shape index (κ1) is 29.5. The van der Waals surface area contributed by atoms with E-state index in [1.54, 1.807) is 26.4 Å². The number of ether oxygens (including phenoxy) is 3. The Hall–Kier alpha value is -3.95. The number of nitrogens with zero attached hydrogens (tertiary/aromatic N) is 4. The lowest BCUT2D eigenvalue weighted by molar-refractivity contribution is 0.210. The number of anilines is 1. The van der Waals surface area contributed by atoms with Crippen molar-refractivity contribution in [3.8, 4) is 28.5 Å². The molecule has 0 spiro atoms. The number of hydrogen-bond donors (Lipinski definition) is 1. The quantitative estimate of drug-likeness (QED) is 0.211. The van der Waals surface area contributed by atoms with Gasteiger partial charge in [0.15, 0.2) is 17.4 Å². The van der Waals surface area contributed by atoms with Crippen LogP contribution in [0.25, 0.3) is 22.0 Å². The van der Waals surface area contributed by atoms with Gasteiger partial charge in [-0.2, -0.15) is 0 Å². The van der Waals surface area contributed by atoms with E-state index in [4.69, 9.17) is 14.2 Å². The Morgan fingerprint density at radius 3 is 2.33 bits per heavy atom. The summed E-state index contributed by atoms with van der Waals surface area (Å²) in [6.07, 6.45) is 2.75. The van der Waals surface area contributed by atoms with Gasteiger partial charge in [-0.3, -0.25) is 4.90 Å². The molecule has 3 aromatic carbocycles. The molecule has 1 saturated heterocycles. The van der Waals surface area contributed by atoms with Crippen LogP contribution in [0.3, 0.4) is 0 Å². The number of likely N-dealkylation sites (tertiary alicyclic amines) is 1. The highest BCUT2D eigenvalue weighted by atomic mass is 19.1. The van der Waals surface area contributed by atoms with Crippen molar-refractivity contribution in [2.45, 2.75) is 31.8 Å². The molecule has 5 rings (SSSR count). The summed E-state index contributed by atoms with van der Waals surface area (Å²) in [6, 6.07) is 19.4. The van der Waals surface area contributed by atoms with Crippen molar-refractivity contribution < 1.29 is 18.6 Å². The molecule has 222 valence electrons. The second-order valence-electron chi connectivity index (χ2n) is 11.0. The Morgan fingerprint density at radius 2 is 1.64 bits per heavy atom. The third-order valence-corrected chi connectivity index (χ3v) is 7.69. The molecule has 1 N–H and O–H groups in total. The predicted octanol–water partition coefficient (Wildman–Crippen LogP) is 5.86. The summed E-state index contributed by atoms with van der Waals surface area (Å²) in [5, 5.41) is 14.9. The van der Waals surface area contributed by atoms with Crippen LogP contribution in [-0.2, 0) is 6.54 Å². The Kier molecular flexibility index (Phi) is 9.71. The fourth-order valence-corrected chi connectivity index (χ4v) is 5.34. The van der Waals surface area contributed by atoms with E-state index in [2.05, 4.69) is 25.3 Å². The number of halogens is 1. The van der Waals surface area contributed by atoms with E-state index in [-0.39, 0.29) is 11.9 Å². The topological polar surface area (TPSA) is 72.0 Å². The van der Waals surface area contributed by atoms with E-state index in [1.807, 2.05) is 62.6 Å². The lowest BCUT2D eigenvalue weighted by atomic mass is 10.0. The molecular formula is C33H40FN5O3. The van der Waals surface area contributed by atoms with Gasteiger partial charge in [0.25, 0.3) is 0 Å². The van der Waals surface area contributed by atoms with E-state index in [0.717, 1.165) is 83.8 Å². The summed E-state index contributed by atoms with van der Waals surface area (Å²) in [4.78, 5) is 4.46. The lowest BCUT2D eigenvalue weighted by Crippen LogP contribution is -2.38. The van der Waals surface area contributed by atoms with Crippen LogP contribution in [-0.4, -0.2) is 80.6 Å². The fourth-order valence-electron chi connectivity index (χ4n) is 5.34. The zero-order valence-electron chi connectivity index (χ0n) is 24.9. The molecule has 4 aromatic rings. The van der Waals surface area contributed by atoms with E-state index in [9.17, 15) is 4.39 Å². The van der Waals surface area contributed by atoms with Crippen LogP contribution in [0.2, 0.25) is 0 Å². The molecule has 0 amide bonds. The van der Waals surface area contributed by atoms with Gasteiger partial charge < -0.3 is 24.4 Å². The molecule has 1 aliphatic rings. The second kappa shape index (κ2) is 13.8. The first-order valence-electron chi connectivity index (χ1n) is 14.5. The smallest absolute Gasteiger partial charge is 0.165 e. The summed E-state index contributed by atoms with van der Waals surface area (Å²) in [7, 11) is 7.36. The van der Waals surface area contributed by atoms with Crippen molar-refractivity contribution >= 4 is 16.6 Å². The van der Waals surface area contributed by atoms with Gasteiger partial charge in [-0.15, -0.1) is 10.2 Å². The highest BCUT2D eigenvalue weighted by molar-refractivity contribution is 6.00. The van der Waals surface area contributed by atoms with Gasteiger partial charge in [0.1, 0.15) is 17.2 Å². The predicted molar refractivity (Wildman–Crippen MR) is 165 cm³/mol. The molecule has 8 nitrogen and oxygen atoms in total. The number of rotatable bonds is 12. The molecular weight excluding hydrogens is 533 g/mol. The van der Waals surface area contributed by atoms with Crippen LogP contribution in [0.15, 0.2) is 60.7 Å². The molecule has 0 unspecified atom stereocenters. The number of piperidine rings is 1. The van der Waals surface area contributed by atoms with Crippen LogP contribution < -0.4 is 19.5 Å². The van der Waals surface area contributed by atoms with Crippen molar-refractivity contribution in [3.63, 3.8) is 0 Å². The number of hydrogen-bond acceptors (Lipinski definition) is 8. The van der Waals surface area contributed by atoms with Gasteiger partial charge in [0, 0.05) is 48.6 Å². The maximum absolute atomic E-state index is 14.7. The number of benzene rings is 3. The standard InChI is InChI=1S/C33H40FN5O3/c1-38(2)16-5-19-42-31-13-6-23(20-30(31)34)22-39-17-14-25(15-18-39)35-33-29-21-27(41-4)11-12-28(29)32(36-37-33)24-7-9-26(40-3)10-8-24/h6-13,20-21,25H,5,14-19,22H2,1-4H3,(H,35,37). The van der Waals surface area contributed by atoms with Crippen molar-refractivity contribution in [2.24, 2.45) is 0 Å². The largest absolute Gasteiger partial charge is 0.497 e. The molecule has 9 heteroatoms. The van der Waals surface area contributed by atoms with E-state index in [1.165, 1.54) is 0 Å². The molecule has 2 heterocycles. The average Bonchev–Trinajstić information content (AvgIpc) is 3.01. The van der Waals surface area contributed by atoms with Crippen LogP contribution in [0.5, 0.6) is 17.2 Å². The van der Waals surface area contributed by atoms with Crippen molar-refractivity contribution in [1.82, 2.24) is 20.0 Å². The monoisotopic (exact) mass is 573 g/mol. The van der Waals surface area contributed by atoms with Crippen LogP contribution in [0, 0.1) is 5.82 Å². The van der Waals surface area contributed by atoms with Gasteiger partial charge in [0.2, 0.25) is 0 Å². The Morgan fingerprint density at radius 1 is 0.905 bits per heavy atom. The molecule has 0 atom stereocenters. The Balaban J connectivity index is 1.21. The minimum absolute atomic E-state index is 0.256. The Bertz CT molecular complexity index is 1470. The zero-order chi connectivity index (χ0) is 29.5. The molecule has 1 aliphatic heterocycles. The number of nitrogens with one attached hydrogen (secondary N) is 1. The van der Waals surface area contributed by atoms with Crippen LogP contribution >= 0.6 is 0 Å². The number of fused-ring (bicyclic) bond motifs is 1. The van der Waals surface area contributed by atoms with E-state index < -0.39 is 0 Å². The molecule has 42 heavy (non-hydrogen) atoms. The first-order valence-corrected chi connectivity index (χ1v) is 14.5. The Labute approximate surface area is 247 Å².